The van der Waals surface area contributed by atoms with Crippen molar-refractivity contribution in [3.8, 4) is 5.75 Å². The summed E-state index contributed by atoms with van der Waals surface area (Å²) in [5.74, 6) is 0.836. The Balaban J connectivity index is 2.06. The number of halogens is 2. The van der Waals surface area contributed by atoms with Crippen LogP contribution in [-0.2, 0) is 0 Å². The van der Waals surface area contributed by atoms with Gasteiger partial charge in [0, 0.05) is 17.1 Å². The molecule has 2 rings (SSSR count). The lowest BCUT2D eigenvalue weighted by atomic mass is 10.1. The van der Waals surface area contributed by atoms with E-state index in [9.17, 15) is 0 Å². The van der Waals surface area contributed by atoms with Gasteiger partial charge in [-0.3, -0.25) is 0 Å². The molecular formula is C15H22BrClN2O. The van der Waals surface area contributed by atoms with E-state index in [1.807, 2.05) is 19.1 Å². The molecule has 3 nitrogen and oxygen atoms in total. The number of hydrogen-bond donors (Lipinski definition) is 2. The molecular weight excluding hydrogens is 340 g/mol. The average molecular weight is 362 g/mol. The van der Waals surface area contributed by atoms with Gasteiger partial charge < -0.3 is 15.4 Å². The fraction of sp³-hybridized carbons (Fsp3) is 0.600. The normalized spacial score (nSPS) is 19.9. The minimum Gasteiger partial charge on any atom is -0.491 e. The van der Waals surface area contributed by atoms with E-state index in [2.05, 4.69) is 33.5 Å². The zero-order valence-electron chi connectivity index (χ0n) is 12.0. The first kappa shape index (κ1) is 15.9. The molecule has 1 aliphatic heterocycles. The highest BCUT2D eigenvalue weighted by Crippen LogP contribution is 2.37. The summed E-state index contributed by atoms with van der Waals surface area (Å²) in [6, 6.07) is 4.78. The summed E-state index contributed by atoms with van der Waals surface area (Å²) in [7, 11) is 0. The lowest BCUT2D eigenvalue weighted by Crippen LogP contribution is -2.29. The van der Waals surface area contributed by atoms with Crippen molar-refractivity contribution in [2.24, 2.45) is 0 Å². The number of benzene rings is 1. The molecule has 1 aromatic carbocycles. The smallest absolute Gasteiger partial charge is 0.156 e. The van der Waals surface area contributed by atoms with Crippen LogP contribution in [0.5, 0.6) is 5.75 Å². The Bertz CT molecular complexity index is 450. The van der Waals surface area contributed by atoms with Crippen molar-refractivity contribution in [2.45, 2.75) is 45.2 Å². The predicted molar refractivity (Wildman–Crippen MR) is 89.0 cm³/mol. The third-order valence-corrected chi connectivity index (χ3v) is 4.31. The quantitative estimate of drug-likeness (QED) is 0.785. The molecule has 0 spiro atoms. The number of hydrogen-bond acceptors (Lipinski definition) is 3. The fourth-order valence-electron chi connectivity index (χ4n) is 2.67. The first-order valence-electron chi connectivity index (χ1n) is 7.22. The first-order valence-corrected chi connectivity index (χ1v) is 8.39. The summed E-state index contributed by atoms with van der Waals surface area (Å²) in [5, 5.41) is 7.76. The maximum atomic E-state index is 6.14. The molecule has 0 aromatic heterocycles. The van der Waals surface area contributed by atoms with Crippen LogP contribution < -0.4 is 15.4 Å². The predicted octanol–water partition coefficient (Wildman–Crippen LogP) is 4.44. The minimum absolute atomic E-state index is 0.371. The van der Waals surface area contributed by atoms with Gasteiger partial charge in [-0.05, 0) is 67.7 Å². The van der Waals surface area contributed by atoms with Gasteiger partial charge in [0.1, 0.15) is 0 Å². The van der Waals surface area contributed by atoms with Crippen molar-refractivity contribution >= 4 is 33.2 Å². The van der Waals surface area contributed by atoms with Crippen molar-refractivity contribution in [3.05, 3.63) is 21.6 Å². The average Bonchev–Trinajstić information content (AvgIpc) is 2.86. The van der Waals surface area contributed by atoms with Crippen LogP contribution in [-0.4, -0.2) is 25.2 Å². The Morgan fingerprint density at radius 1 is 1.55 bits per heavy atom. The highest BCUT2D eigenvalue weighted by atomic mass is 79.9. The second-order valence-corrected chi connectivity index (χ2v) is 6.56. The van der Waals surface area contributed by atoms with Crippen molar-refractivity contribution < 1.29 is 4.74 Å². The van der Waals surface area contributed by atoms with Crippen LogP contribution in [0, 0.1) is 0 Å². The molecule has 2 N–H and O–H groups in total. The third-order valence-electron chi connectivity index (χ3n) is 3.50. The van der Waals surface area contributed by atoms with Gasteiger partial charge in [0.05, 0.1) is 16.8 Å². The van der Waals surface area contributed by atoms with Crippen LogP contribution in [0.1, 0.15) is 33.1 Å². The molecule has 1 aromatic rings. The summed E-state index contributed by atoms with van der Waals surface area (Å²) in [4.78, 5) is 0. The first-order chi connectivity index (χ1) is 9.60. The molecule has 2 unspecified atom stereocenters. The standard InChI is InChI=1S/C15H22BrClN2O/c1-3-20-15-13(16)8-11(17)9-14(15)19-10(2)7-12-5-4-6-18-12/h8-10,12,18-19H,3-7H2,1-2H3. The second kappa shape index (κ2) is 7.53. The summed E-state index contributed by atoms with van der Waals surface area (Å²) < 4.78 is 6.60. The van der Waals surface area contributed by atoms with Crippen molar-refractivity contribution in [1.82, 2.24) is 5.32 Å². The zero-order valence-corrected chi connectivity index (χ0v) is 14.4. The van der Waals surface area contributed by atoms with Gasteiger partial charge >= 0.3 is 0 Å². The van der Waals surface area contributed by atoms with Crippen molar-refractivity contribution in [3.63, 3.8) is 0 Å². The van der Waals surface area contributed by atoms with Crippen LogP contribution in [0.4, 0.5) is 5.69 Å². The molecule has 1 fully saturated rings. The summed E-state index contributed by atoms with van der Waals surface area (Å²) in [6.07, 6.45) is 3.66. The lowest BCUT2D eigenvalue weighted by Gasteiger charge is -2.22. The molecule has 0 bridgehead atoms. The largest absolute Gasteiger partial charge is 0.491 e. The van der Waals surface area contributed by atoms with E-state index in [1.54, 1.807) is 0 Å². The Morgan fingerprint density at radius 2 is 2.35 bits per heavy atom. The SMILES string of the molecule is CCOc1c(Br)cc(Cl)cc1NC(C)CC1CCCN1. The van der Waals surface area contributed by atoms with E-state index >= 15 is 0 Å². The number of nitrogens with one attached hydrogen (secondary N) is 2. The minimum atomic E-state index is 0.371. The van der Waals surface area contributed by atoms with E-state index in [-0.39, 0.29) is 0 Å². The van der Waals surface area contributed by atoms with E-state index in [0.717, 1.165) is 28.9 Å². The van der Waals surface area contributed by atoms with Crippen LogP contribution in [0.25, 0.3) is 0 Å². The maximum absolute atomic E-state index is 6.14. The molecule has 1 saturated heterocycles. The Kier molecular flexibility index (Phi) is 6.00. The van der Waals surface area contributed by atoms with Gasteiger partial charge in [-0.25, -0.2) is 0 Å². The van der Waals surface area contributed by atoms with Gasteiger partial charge in [0.15, 0.2) is 5.75 Å². The monoisotopic (exact) mass is 360 g/mol. The Hall–Kier alpha value is -0.450. The van der Waals surface area contributed by atoms with E-state index in [1.165, 1.54) is 12.8 Å². The van der Waals surface area contributed by atoms with Crippen molar-refractivity contribution in [2.75, 3.05) is 18.5 Å². The van der Waals surface area contributed by atoms with Gasteiger partial charge in [-0.15, -0.1) is 0 Å². The van der Waals surface area contributed by atoms with E-state index < -0.39 is 0 Å². The molecule has 1 heterocycles. The molecule has 0 radical (unpaired) electrons. The van der Waals surface area contributed by atoms with E-state index in [0.29, 0.717) is 23.7 Å². The summed E-state index contributed by atoms with van der Waals surface area (Å²) in [5.41, 5.74) is 0.955. The summed E-state index contributed by atoms with van der Waals surface area (Å²) in [6.45, 7) is 5.96. The Morgan fingerprint density at radius 3 is 3.00 bits per heavy atom. The number of anilines is 1. The van der Waals surface area contributed by atoms with Crippen LogP contribution in [0.15, 0.2) is 16.6 Å². The molecule has 0 saturated carbocycles. The van der Waals surface area contributed by atoms with Crippen LogP contribution in [0.2, 0.25) is 5.02 Å². The molecule has 1 aliphatic rings. The van der Waals surface area contributed by atoms with E-state index in [4.69, 9.17) is 16.3 Å². The highest BCUT2D eigenvalue weighted by molar-refractivity contribution is 9.10. The molecule has 20 heavy (non-hydrogen) atoms. The topological polar surface area (TPSA) is 33.3 Å². The van der Waals surface area contributed by atoms with Crippen LogP contribution in [0.3, 0.4) is 0 Å². The third kappa shape index (κ3) is 4.27. The zero-order chi connectivity index (χ0) is 14.5. The fourth-order valence-corrected chi connectivity index (χ4v) is 3.59. The van der Waals surface area contributed by atoms with Gasteiger partial charge in [-0.2, -0.15) is 0 Å². The van der Waals surface area contributed by atoms with Crippen molar-refractivity contribution in [1.29, 1.82) is 0 Å². The Labute approximate surface area is 134 Å². The lowest BCUT2D eigenvalue weighted by molar-refractivity contribution is 0.339. The molecule has 5 heteroatoms. The maximum Gasteiger partial charge on any atom is 0.156 e. The number of ether oxygens (including phenoxy) is 1. The molecule has 0 amide bonds. The molecule has 0 aliphatic carbocycles. The van der Waals surface area contributed by atoms with Gasteiger partial charge in [0.25, 0.3) is 0 Å². The molecule has 2 atom stereocenters. The van der Waals surface area contributed by atoms with Gasteiger partial charge in [0.2, 0.25) is 0 Å². The summed E-state index contributed by atoms with van der Waals surface area (Å²) >= 11 is 9.65. The second-order valence-electron chi connectivity index (χ2n) is 5.27. The molecule has 112 valence electrons. The highest BCUT2D eigenvalue weighted by Gasteiger charge is 2.18. The van der Waals surface area contributed by atoms with Gasteiger partial charge in [-0.1, -0.05) is 11.6 Å². The number of rotatable bonds is 6. The van der Waals surface area contributed by atoms with Crippen LogP contribution >= 0.6 is 27.5 Å².